The quantitative estimate of drug-likeness (QED) is 0.907. The number of nitrogens with one attached hydrogen (secondary N) is 1. The van der Waals surface area contributed by atoms with E-state index >= 15 is 0 Å². The van der Waals surface area contributed by atoms with Crippen molar-refractivity contribution < 1.29 is 9.59 Å². The Balaban J connectivity index is 1.83. The number of rotatable bonds is 5. The lowest BCUT2D eigenvalue weighted by Gasteiger charge is -2.33. The van der Waals surface area contributed by atoms with Gasteiger partial charge in [0.15, 0.2) is 0 Å². The van der Waals surface area contributed by atoms with Crippen LogP contribution in [0, 0.1) is 18.8 Å². The molecule has 1 fully saturated rings. The van der Waals surface area contributed by atoms with Gasteiger partial charge in [0.2, 0.25) is 11.8 Å². The summed E-state index contributed by atoms with van der Waals surface area (Å²) < 4.78 is 0. The molecule has 1 atom stereocenters. The largest absolute Gasteiger partial charge is 0.356 e. The summed E-state index contributed by atoms with van der Waals surface area (Å²) in [7, 11) is 0. The SMILES string of the molecule is Cc1ccc(CC(=O)N2CCCC(CNC(=O)C(C)C)C2)cc1. The number of amides is 2. The van der Waals surface area contributed by atoms with Crippen molar-refractivity contribution in [1.29, 1.82) is 0 Å². The van der Waals surface area contributed by atoms with Crippen molar-refractivity contribution in [3.63, 3.8) is 0 Å². The first-order valence-corrected chi connectivity index (χ1v) is 8.56. The Labute approximate surface area is 139 Å². The van der Waals surface area contributed by atoms with Crippen LogP contribution in [0.15, 0.2) is 24.3 Å². The standard InChI is InChI=1S/C19H28N2O2/c1-14(2)19(23)20-12-17-5-4-10-21(13-17)18(22)11-16-8-6-15(3)7-9-16/h6-9,14,17H,4-5,10-13H2,1-3H3,(H,20,23). The number of nitrogens with zero attached hydrogens (tertiary/aromatic N) is 1. The second-order valence-corrected chi connectivity index (χ2v) is 6.91. The summed E-state index contributed by atoms with van der Waals surface area (Å²) in [5.74, 6) is 0.660. The normalized spacial score (nSPS) is 18.1. The van der Waals surface area contributed by atoms with Gasteiger partial charge in [0.05, 0.1) is 6.42 Å². The van der Waals surface area contributed by atoms with Gasteiger partial charge in [-0.15, -0.1) is 0 Å². The molecule has 0 aromatic heterocycles. The van der Waals surface area contributed by atoms with Gasteiger partial charge in [-0.2, -0.15) is 0 Å². The summed E-state index contributed by atoms with van der Waals surface area (Å²) in [6.45, 7) is 8.10. The molecular weight excluding hydrogens is 288 g/mol. The van der Waals surface area contributed by atoms with E-state index in [1.807, 2.05) is 49.9 Å². The zero-order chi connectivity index (χ0) is 16.8. The monoisotopic (exact) mass is 316 g/mol. The molecule has 1 aliphatic rings. The van der Waals surface area contributed by atoms with Crippen molar-refractivity contribution in [2.75, 3.05) is 19.6 Å². The zero-order valence-electron chi connectivity index (χ0n) is 14.5. The molecule has 1 N–H and O–H groups in total. The molecule has 0 saturated carbocycles. The van der Waals surface area contributed by atoms with Crippen LogP contribution < -0.4 is 5.32 Å². The Hall–Kier alpha value is -1.84. The van der Waals surface area contributed by atoms with Gasteiger partial charge in [-0.05, 0) is 31.2 Å². The summed E-state index contributed by atoms with van der Waals surface area (Å²) in [4.78, 5) is 26.1. The number of carbonyl (C=O) groups excluding carboxylic acids is 2. The van der Waals surface area contributed by atoms with Gasteiger partial charge < -0.3 is 10.2 Å². The van der Waals surface area contributed by atoms with E-state index in [0.29, 0.717) is 18.9 Å². The molecule has 1 aromatic rings. The average molecular weight is 316 g/mol. The van der Waals surface area contributed by atoms with E-state index in [0.717, 1.165) is 31.5 Å². The lowest BCUT2D eigenvalue weighted by molar-refractivity contribution is -0.132. The van der Waals surface area contributed by atoms with E-state index in [2.05, 4.69) is 5.32 Å². The number of hydrogen-bond donors (Lipinski definition) is 1. The molecule has 1 heterocycles. The van der Waals surface area contributed by atoms with Crippen LogP contribution in [0.4, 0.5) is 0 Å². The van der Waals surface area contributed by atoms with E-state index in [9.17, 15) is 9.59 Å². The highest BCUT2D eigenvalue weighted by Crippen LogP contribution is 2.17. The zero-order valence-corrected chi connectivity index (χ0v) is 14.5. The summed E-state index contributed by atoms with van der Waals surface area (Å²) in [6.07, 6.45) is 2.56. The van der Waals surface area contributed by atoms with Crippen LogP contribution in [0.1, 0.15) is 37.8 Å². The Morgan fingerprint density at radius 1 is 1.26 bits per heavy atom. The second-order valence-electron chi connectivity index (χ2n) is 6.91. The molecule has 23 heavy (non-hydrogen) atoms. The second kappa shape index (κ2) is 8.14. The van der Waals surface area contributed by atoms with Crippen LogP contribution >= 0.6 is 0 Å². The number of carbonyl (C=O) groups is 2. The smallest absolute Gasteiger partial charge is 0.226 e. The molecule has 0 spiro atoms. The van der Waals surface area contributed by atoms with E-state index in [4.69, 9.17) is 0 Å². The van der Waals surface area contributed by atoms with Gasteiger partial charge in [-0.1, -0.05) is 43.7 Å². The van der Waals surface area contributed by atoms with Crippen molar-refractivity contribution in [2.24, 2.45) is 11.8 Å². The third kappa shape index (κ3) is 5.38. The molecular formula is C19H28N2O2. The van der Waals surface area contributed by atoms with Crippen molar-refractivity contribution in [2.45, 2.75) is 40.0 Å². The summed E-state index contributed by atoms with van der Waals surface area (Å²) in [6, 6.07) is 8.14. The number of benzene rings is 1. The lowest BCUT2D eigenvalue weighted by atomic mass is 9.97. The van der Waals surface area contributed by atoms with Crippen molar-refractivity contribution in [3.8, 4) is 0 Å². The van der Waals surface area contributed by atoms with E-state index in [1.54, 1.807) is 0 Å². The van der Waals surface area contributed by atoms with E-state index in [1.165, 1.54) is 5.56 Å². The molecule has 2 amide bonds. The summed E-state index contributed by atoms with van der Waals surface area (Å²) >= 11 is 0. The van der Waals surface area contributed by atoms with Crippen molar-refractivity contribution >= 4 is 11.8 Å². The fraction of sp³-hybridized carbons (Fsp3) is 0.579. The van der Waals surface area contributed by atoms with Gasteiger partial charge in [-0.25, -0.2) is 0 Å². The van der Waals surface area contributed by atoms with Gasteiger partial charge in [0, 0.05) is 25.6 Å². The molecule has 4 heteroatoms. The fourth-order valence-electron chi connectivity index (χ4n) is 2.90. The maximum atomic E-state index is 12.5. The predicted octanol–water partition coefficient (Wildman–Crippen LogP) is 2.55. The molecule has 1 aromatic carbocycles. The lowest BCUT2D eigenvalue weighted by Crippen LogP contribution is -2.44. The summed E-state index contributed by atoms with van der Waals surface area (Å²) in [5, 5.41) is 2.99. The first-order valence-electron chi connectivity index (χ1n) is 8.56. The minimum atomic E-state index is 0.0119. The predicted molar refractivity (Wildman–Crippen MR) is 92.0 cm³/mol. The minimum absolute atomic E-state index is 0.0119. The average Bonchev–Trinajstić information content (AvgIpc) is 2.54. The Kier molecular flexibility index (Phi) is 6.20. The van der Waals surface area contributed by atoms with Gasteiger partial charge >= 0.3 is 0 Å². The first kappa shape index (κ1) is 17.5. The molecule has 0 radical (unpaired) electrons. The molecule has 2 rings (SSSR count). The van der Waals surface area contributed by atoms with Gasteiger partial charge in [0.1, 0.15) is 0 Å². The fourth-order valence-corrected chi connectivity index (χ4v) is 2.90. The number of piperidine rings is 1. The van der Waals surface area contributed by atoms with Gasteiger partial charge in [-0.3, -0.25) is 9.59 Å². The molecule has 1 aliphatic heterocycles. The Bertz CT molecular complexity index is 537. The highest BCUT2D eigenvalue weighted by Gasteiger charge is 2.24. The maximum absolute atomic E-state index is 12.5. The molecule has 0 aliphatic carbocycles. The third-order valence-electron chi connectivity index (χ3n) is 4.44. The summed E-state index contributed by atoms with van der Waals surface area (Å²) in [5.41, 5.74) is 2.27. The van der Waals surface area contributed by atoms with E-state index in [-0.39, 0.29) is 17.7 Å². The van der Waals surface area contributed by atoms with Crippen LogP contribution in [-0.2, 0) is 16.0 Å². The van der Waals surface area contributed by atoms with E-state index < -0.39 is 0 Å². The Morgan fingerprint density at radius 2 is 1.96 bits per heavy atom. The van der Waals surface area contributed by atoms with Crippen molar-refractivity contribution in [3.05, 3.63) is 35.4 Å². The maximum Gasteiger partial charge on any atom is 0.226 e. The number of likely N-dealkylation sites (tertiary alicyclic amines) is 1. The van der Waals surface area contributed by atoms with Crippen LogP contribution in [0.25, 0.3) is 0 Å². The van der Waals surface area contributed by atoms with Crippen LogP contribution in [0.2, 0.25) is 0 Å². The molecule has 1 saturated heterocycles. The molecule has 4 nitrogen and oxygen atoms in total. The molecule has 126 valence electrons. The molecule has 1 unspecified atom stereocenters. The first-order chi connectivity index (χ1) is 11.0. The highest BCUT2D eigenvalue weighted by atomic mass is 16.2. The molecule has 0 bridgehead atoms. The van der Waals surface area contributed by atoms with Crippen LogP contribution in [-0.4, -0.2) is 36.3 Å². The van der Waals surface area contributed by atoms with Gasteiger partial charge in [0.25, 0.3) is 0 Å². The highest BCUT2D eigenvalue weighted by molar-refractivity contribution is 5.79. The number of aryl methyl sites for hydroxylation is 1. The van der Waals surface area contributed by atoms with Crippen LogP contribution in [0.3, 0.4) is 0 Å². The minimum Gasteiger partial charge on any atom is -0.356 e. The third-order valence-corrected chi connectivity index (χ3v) is 4.44. The van der Waals surface area contributed by atoms with Crippen molar-refractivity contribution in [1.82, 2.24) is 10.2 Å². The number of hydrogen-bond acceptors (Lipinski definition) is 2. The topological polar surface area (TPSA) is 49.4 Å². The Morgan fingerprint density at radius 3 is 2.61 bits per heavy atom. The van der Waals surface area contributed by atoms with Crippen LogP contribution in [0.5, 0.6) is 0 Å².